The first-order valence-corrected chi connectivity index (χ1v) is 6.56. The summed E-state index contributed by atoms with van der Waals surface area (Å²) in [6, 6.07) is 6.47. The largest absolute Gasteiger partial charge is 0.349 e. The molecule has 0 atom stereocenters. The molecule has 1 aromatic carbocycles. The maximum Gasteiger partial charge on any atom is 0.274 e. The number of amides is 2. The lowest BCUT2D eigenvalue weighted by Gasteiger charge is -2.22. The summed E-state index contributed by atoms with van der Waals surface area (Å²) in [6.07, 6.45) is 5.66. The van der Waals surface area contributed by atoms with Crippen LogP contribution in [0.1, 0.15) is 52.8 Å². The van der Waals surface area contributed by atoms with E-state index >= 15 is 0 Å². The molecule has 102 valence electrons. The zero-order valence-electron chi connectivity index (χ0n) is 10.7. The maximum atomic E-state index is 12.0. The number of hydroxylamine groups is 1. The fourth-order valence-electron chi connectivity index (χ4n) is 2.35. The zero-order valence-corrected chi connectivity index (χ0v) is 10.7. The highest BCUT2D eigenvalue weighted by Gasteiger charge is 2.16. The van der Waals surface area contributed by atoms with Crippen molar-refractivity contribution in [3.63, 3.8) is 0 Å². The van der Waals surface area contributed by atoms with Gasteiger partial charge >= 0.3 is 0 Å². The highest BCUT2D eigenvalue weighted by Crippen LogP contribution is 2.17. The summed E-state index contributed by atoms with van der Waals surface area (Å²) in [5, 5.41) is 11.5. The molecule has 1 aromatic rings. The Hall–Kier alpha value is -1.88. The van der Waals surface area contributed by atoms with Crippen LogP contribution >= 0.6 is 0 Å². The summed E-state index contributed by atoms with van der Waals surface area (Å²) in [6.45, 7) is 0. The minimum Gasteiger partial charge on any atom is -0.349 e. The first-order chi connectivity index (χ1) is 9.20. The monoisotopic (exact) mass is 262 g/mol. The van der Waals surface area contributed by atoms with Gasteiger partial charge in [-0.15, -0.1) is 0 Å². The van der Waals surface area contributed by atoms with Gasteiger partial charge in [0.15, 0.2) is 0 Å². The van der Waals surface area contributed by atoms with E-state index in [9.17, 15) is 9.59 Å². The van der Waals surface area contributed by atoms with Crippen LogP contribution in [0.25, 0.3) is 0 Å². The summed E-state index contributed by atoms with van der Waals surface area (Å²) >= 11 is 0. The summed E-state index contributed by atoms with van der Waals surface area (Å²) in [7, 11) is 0. The highest BCUT2D eigenvalue weighted by molar-refractivity contribution is 5.97. The molecule has 0 heterocycles. The van der Waals surface area contributed by atoms with Gasteiger partial charge in [-0.05, 0) is 37.1 Å². The second kappa shape index (κ2) is 6.33. The van der Waals surface area contributed by atoms with Crippen molar-refractivity contribution in [3.8, 4) is 0 Å². The van der Waals surface area contributed by atoms with Gasteiger partial charge in [0.1, 0.15) is 0 Å². The fraction of sp³-hybridized carbons (Fsp3) is 0.429. The van der Waals surface area contributed by atoms with Gasteiger partial charge in [0.25, 0.3) is 11.8 Å². The van der Waals surface area contributed by atoms with E-state index in [1.165, 1.54) is 31.4 Å². The molecule has 0 aromatic heterocycles. The van der Waals surface area contributed by atoms with Crippen molar-refractivity contribution in [1.29, 1.82) is 0 Å². The average molecular weight is 262 g/mol. The summed E-state index contributed by atoms with van der Waals surface area (Å²) < 4.78 is 0. The SMILES string of the molecule is O=C(NO)c1ccc(C(=O)NC2CCCCC2)cc1. The molecule has 2 rings (SSSR count). The van der Waals surface area contributed by atoms with E-state index in [2.05, 4.69) is 5.32 Å². The molecular weight excluding hydrogens is 244 g/mol. The predicted molar refractivity (Wildman–Crippen MR) is 70.0 cm³/mol. The summed E-state index contributed by atoms with van der Waals surface area (Å²) in [5.74, 6) is -0.693. The fourth-order valence-corrected chi connectivity index (χ4v) is 2.35. The molecular formula is C14H18N2O3. The van der Waals surface area contributed by atoms with Crippen LogP contribution in [-0.2, 0) is 0 Å². The molecule has 0 spiro atoms. The molecule has 5 nitrogen and oxygen atoms in total. The topological polar surface area (TPSA) is 78.4 Å². The molecule has 3 N–H and O–H groups in total. The molecule has 0 radical (unpaired) electrons. The van der Waals surface area contributed by atoms with Crippen LogP contribution in [0.3, 0.4) is 0 Å². The van der Waals surface area contributed by atoms with Crippen LogP contribution < -0.4 is 10.8 Å². The van der Waals surface area contributed by atoms with Crippen LogP contribution in [0.15, 0.2) is 24.3 Å². The third kappa shape index (κ3) is 3.54. The Morgan fingerprint density at radius 3 is 2.00 bits per heavy atom. The van der Waals surface area contributed by atoms with E-state index in [1.807, 2.05) is 0 Å². The molecule has 19 heavy (non-hydrogen) atoms. The van der Waals surface area contributed by atoms with Crippen LogP contribution in [0.2, 0.25) is 0 Å². The molecule has 5 heteroatoms. The Kier molecular flexibility index (Phi) is 4.52. The summed E-state index contributed by atoms with van der Waals surface area (Å²) in [4.78, 5) is 23.2. The molecule has 2 amide bonds. The normalized spacial score (nSPS) is 15.8. The van der Waals surface area contributed by atoms with Gasteiger partial charge in [-0.2, -0.15) is 0 Å². The molecule has 1 saturated carbocycles. The number of hydrogen-bond donors (Lipinski definition) is 3. The van der Waals surface area contributed by atoms with Crippen LogP contribution in [-0.4, -0.2) is 23.1 Å². The van der Waals surface area contributed by atoms with Crippen LogP contribution in [0.5, 0.6) is 0 Å². The van der Waals surface area contributed by atoms with Crippen molar-refractivity contribution in [3.05, 3.63) is 35.4 Å². The third-order valence-electron chi connectivity index (χ3n) is 3.45. The van der Waals surface area contributed by atoms with Crippen molar-refractivity contribution >= 4 is 11.8 Å². The minimum absolute atomic E-state index is 0.108. The maximum absolute atomic E-state index is 12.0. The van der Waals surface area contributed by atoms with E-state index in [4.69, 9.17) is 5.21 Å². The van der Waals surface area contributed by atoms with Gasteiger partial charge in [0.2, 0.25) is 0 Å². The number of carbonyl (C=O) groups excluding carboxylic acids is 2. The quantitative estimate of drug-likeness (QED) is 0.574. The van der Waals surface area contributed by atoms with Crippen LogP contribution in [0, 0.1) is 0 Å². The van der Waals surface area contributed by atoms with Gasteiger partial charge in [-0.1, -0.05) is 19.3 Å². The first-order valence-electron chi connectivity index (χ1n) is 6.56. The molecule has 0 unspecified atom stereocenters. The Bertz CT molecular complexity index is 450. The number of rotatable bonds is 3. The molecule has 1 fully saturated rings. The smallest absolute Gasteiger partial charge is 0.274 e. The highest BCUT2D eigenvalue weighted by atomic mass is 16.5. The molecule has 1 aliphatic rings. The standard InChI is InChI=1S/C14H18N2O3/c17-13(15-12-4-2-1-3-5-12)10-6-8-11(9-7-10)14(18)16-19/h6-9,12,19H,1-5H2,(H,15,17)(H,16,18). The van der Waals surface area contributed by atoms with Crippen molar-refractivity contribution in [1.82, 2.24) is 10.8 Å². The molecule has 0 bridgehead atoms. The zero-order chi connectivity index (χ0) is 13.7. The van der Waals surface area contributed by atoms with E-state index in [-0.39, 0.29) is 11.9 Å². The lowest BCUT2D eigenvalue weighted by atomic mass is 9.95. The van der Waals surface area contributed by atoms with Gasteiger partial charge in [0.05, 0.1) is 0 Å². The Labute approximate surface area is 112 Å². The molecule has 0 aliphatic heterocycles. The van der Waals surface area contributed by atoms with E-state index in [1.54, 1.807) is 17.6 Å². The Morgan fingerprint density at radius 2 is 1.47 bits per heavy atom. The summed E-state index contributed by atoms with van der Waals surface area (Å²) in [5.41, 5.74) is 2.40. The number of nitrogens with one attached hydrogen (secondary N) is 2. The van der Waals surface area contributed by atoms with E-state index < -0.39 is 5.91 Å². The van der Waals surface area contributed by atoms with Crippen molar-refractivity contribution < 1.29 is 14.8 Å². The molecule has 1 aliphatic carbocycles. The lowest BCUT2D eigenvalue weighted by molar-refractivity contribution is 0.0706. The van der Waals surface area contributed by atoms with Crippen molar-refractivity contribution in [2.45, 2.75) is 38.1 Å². The minimum atomic E-state index is -0.584. The molecule has 0 saturated heterocycles. The van der Waals surface area contributed by atoms with Gasteiger partial charge in [0, 0.05) is 17.2 Å². The Balaban J connectivity index is 1.97. The van der Waals surface area contributed by atoms with Gasteiger partial charge < -0.3 is 5.32 Å². The van der Waals surface area contributed by atoms with Crippen molar-refractivity contribution in [2.24, 2.45) is 0 Å². The van der Waals surface area contributed by atoms with Gasteiger partial charge in [-0.3, -0.25) is 14.8 Å². The van der Waals surface area contributed by atoms with Crippen LogP contribution in [0.4, 0.5) is 0 Å². The van der Waals surface area contributed by atoms with E-state index in [0.717, 1.165) is 12.8 Å². The number of hydrogen-bond acceptors (Lipinski definition) is 3. The second-order valence-electron chi connectivity index (χ2n) is 4.83. The number of carbonyl (C=O) groups is 2. The third-order valence-corrected chi connectivity index (χ3v) is 3.45. The lowest BCUT2D eigenvalue weighted by Crippen LogP contribution is -2.36. The van der Waals surface area contributed by atoms with Gasteiger partial charge in [-0.25, -0.2) is 5.48 Å². The van der Waals surface area contributed by atoms with Crippen molar-refractivity contribution in [2.75, 3.05) is 0 Å². The average Bonchev–Trinajstić information content (AvgIpc) is 2.47. The predicted octanol–water partition coefficient (Wildman–Crippen LogP) is 1.87. The number of benzene rings is 1. The second-order valence-corrected chi connectivity index (χ2v) is 4.83. The van der Waals surface area contributed by atoms with E-state index in [0.29, 0.717) is 11.1 Å². The Morgan fingerprint density at radius 1 is 0.947 bits per heavy atom. The first kappa shape index (κ1) is 13.5.